The number of hydrogen-bond donors (Lipinski definition) is 1. The normalized spacial score (nSPS) is 11.2. The Balaban J connectivity index is 1.86. The van der Waals surface area contributed by atoms with Crippen LogP contribution in [0.4, 0.5) is 5.82 Å². The van der Waals surface area contributed by atoms with E-state index in [9.17, 15) is 0 Å². The molecule has 8 nitrogen and oxygen atoms in total. The lowest BCUT2D eigenvalue weighted by atomic mass is 10.2. The Morgan fingerprint density at radius 2 is 1.70 bits per heavy atom. The first-order valence-electron chi connectivity index (χ1n) is 9.28. The van der Waals surface area contributed by atoms with Crippen LogP contribution in [0.2, 0.25) is 5.02 Å². The molecule has 0 radical (unpaired) electrons. The average Bonchev–Trinajstić information content (AvgIpc) is 2.74. The summed E-state index contributed by atoms with van der Waals surface area (Å²) in [6.07, 6.45) is 3.13. The summed E-state index contributed by atoms with van der Waals surface area (Å²) in [5.74, 6) is 1.67. The second-order valence-corrected chi connectivity index (χ2v) is 6.58. The van der Waals surface area contributed by atoms with Crippen molar-refractivity contribution >= 4 is 34.5 Å². The number of anilines is 1. The summed E-state index contributed by atoms with van der Waals surface area (Å²) < 4.78 is 21.7. The lowest BCUT2D eigenvalue weighted by Crippen LogP contribution is -2.09. The van der Waals surface area contributed by atoms with Gasteiger partial charge < -0.3 is 18.9 Å². The van der Waals surface area contributed by atoms with Crippen molar-refractivity contribution in [2.24, 2.45) is 5.10 Å². The predicted molar refractivity (Wildman–Crippen MR) is 117 cm³/mol. The lowest BCUT2D eigenvalue weighted by Gasteiger charge is -2.14. The fourth-order valence-corrected chi connectivity index (χ4v) is 2.80. The van der Waals surface area contributed by atoms with Crippen LogP contribution < -0.4 is 14.9 Å². The van der Waals surface area contributed by atoms with E-state index in [2.05, 4.69) is 20.5 Å². The van der Waals surface area contributed by atoms with Gasteiger partial charge in [-0.1, -0.05) is 23.7 Å². The highest BCUT2D eigenvalue weighted by atomic mass is 35.5. The van der Waals surface area contributed by atoms with Gasteiger partial charge in [0, 0.05) is 30.7 Å². The maximum absolute atomic E-state index is 6.00. The zero-order chi connectivity index (χ0) is 21.2. The molecule has 0 amide bonds. The zero-order valence-corrected chi connectivity index (χ0v) is 17.6. The van der Waals surface area contributed by atoms with Crippen molar-refractivity contribution in [2.75, 3.05) is 46.1 Å². The summed E-state index contributed by atoms with van der Waals surface area (Å²) in [7, 11) is 3.24. The molecule has 30 heavy (non-hydrogen) atoms. The van der Waals surface area contributed by atoms with Crippen LogP contribution in [0.15, 0.2) is 47.8 Å². The number of methoxy groups -OCH3 is 2. The van der Waals surface area contributed by atoms with Crippen LogP contribution in [-0.4, -0.2) is 56.8 Å². The van der Waals surface area contributed by atoms with Crippen molar-refractivity contribution in [1.29, 1.82) is 0 Å². The van der Waals surface area contributed by atoms with Crippen LogP contribution in [0.1, 0.15) is 5.56 Å². The van der Waals surface area contributed by atoms with E-state index in [0.717, 1.165) is 10.9 Å². The smallest absolute Gasteiger partial charge is 0.163 e. The van der Waals surface area contributed by atoms with Crippen LogP contribution in [0.3, 0.4) is 0 Å². The van der Waals surface area contributed by atoms with Gasteiger partial charge in [-0.2, -0.15) is 5.10 Å². The average molecular weight is 431 g/mol. The Morgan fingerprint density at radius 1 is 0.967 bits per heavy atom. The van der Waals surface area contributed by atoms with E-state index in [0.29, 0.717) is 54.3 Å². The molecule has 0 aliphatic rings. The van der Waals surface area contributed by atoms with E-state index >= 15 is 0 Å². The van der Waals surface area contributed by atoms with Crippen molar-refractivity contribution in [3.63, 3.8) is 0 Å². The van der Waals surface area contributed by atoms with Crippen LogP contribution >= 0.6 is 11.6 Å². The van der Waals surface area contributed by atoms with E-state index in [1.165, 1.54) is 6.33 Å². The van der Waals surface area contributed by atoms with Gasteiger partial charge in [0.1, 0.15) is 19.5 Å². The SMILES string of the molecule is COCCOc1cc2ncnc(N/N=C/c3cccc(Cl)c3)c2cc1OCCOC. The van der Waals surface area contributed by atoms with Crippen molar-refractivity contribution in [1.82, 2.24) is 9.97 Å². The second kappa shape index (κ2) is 11.3. The largest absolute Gasteiger partial charge is 0.487 e. The molecule has 158 valence electrons. The standard InChI is InChI=1S/C21H23ClN4O4/c1-27-6-8-29-19-11-17-18(12-20(19)30-9-7-28-2)23-14-24-21(17)26-25-13-15-4-3-5-16(22)10-15/h3-5,10-14H,6-9H2,1-2H3,(H,23,24,26)/b25-13+. The molecule has 1 N–H and O–H groups in total. The molecule has 0 aliphatic carbocycles. The first kappa shape index (κ1) is 21.8. The summed E-state index contributed by atoms with van der Waals surface area (Å²) >= 11 is 6.00. The lowest BCUT2D eigenvalue weighted by molar-refractivity contribution is 0.132. The van der Waals surface area contributed by atoms with Gasteiger partial charge in [0.25, 0.3) is 0 Å². The second-order valence-electron chi connectivity index (χ2n) is 6.15. The third kappa shape index (κ3) is 6.03. The number of hydrazone groups is 1. The van der Waals surface area contributed by atoms with Gasteiger partial charge in [0.15, 0.2) is 17.3 Å². The number of nitrogens with zero attached hydrogens (tertiary/aromatic N) is 3. The third-order valence-corrected chi connectivity index (χ3v) is 4.26. The highest BCUT2D eigenvalue weighted by molar-refractivity contribution is 6.30. The molecule has 3 rings (SSSR count). The van der Waals surface area contributed by atoms with Gasteiger partial charge in [-0.15, -0.1) is 0 Å². The fraction of sp³-hybridized carbons (Fsp3) is 0.286. The minimum atomic E-state index is 0.381. The summed E-state index contributed by atoms with van der Waals surface area (Å²) in [4.78, 5) is 8.63. The molecule has 3 aromatic rings. The van der Waals surface area contributed by atoms with E-state index < -0.39 is 0 Å². The van der Waals surface area contributed by atoms with Crippen LogP contribution in [0, 0.1) is 0 Å². The summed E-state index contributed by atoms with van der Waals surface area (Å²) in [6.45, 7) is 1.69. The van der Waals surface area contributed by atoms with Gasteiger partial charge in [0.05, 0.1) is 24.9 Å². The van der Waals surface area contributed by atoms with Gasteiger partial charge in [-0.25, -0.2) is 9.97 Å². The Kier molecular flexibility index (Phi) is 8.20. The van der Waals surface area contributed by atoms with Crippen LogP contribution in [0.5, 0.6) is 11.5 Å². The summed E-state index contributed by atoms with van der Waals surface area (Å²) in [6, 6.07) is 11.0. The molecule has 9 heteroatoms. The molecule has 2 aromatic carbocycles. The highest BCUT2D eigenvalue weighted by Crippen LogP contribution is 2.34. The highest BCUT2D eigenvalue weighted by Gasteiger charge is 2.12. The Morgan fingerprint density at radius 3 is 2.40 bits per heavy atom. The van der Waals surface area contributed by atoms with Crippen molar-refractivity contribution in [3.8, 4) is 11.5 Å². The van der Waals surface area contributed by atoms with E-state index in [-0.39, 0.29) is 0 Å². The third-order valence-electron chi connectivity index (χ3n) is 4.02. The minimum Gasteiger partial charge on any atom is -0.487 e. The number of benzene rings is 2. The molecule has 0 atom stereocenters. The molecule has 0 unspecified atom stereocenters. The minimum absolute atomic E-state index is 0.381. The number of rotatable bonds is 11. The number of halogens is 1. The Labute approximate surface area is 179 Å². The van der Waals surface area contributed by atoms with E-state index in [4.69, 9.17) is 30.5 Å². The quantitative estimate of drug-likeness (QED) is 0.281. The zero-order valence-electron chi connectivity index (χ0n) is 16.8. The maximum atomic E-state index is 6.00. The van der Waals surface area contributed by atoms with Gasteiger partial charge in [-0.3, -0.25) is 5.43 Å². The first-order valence-corrected chi connectivity index (χ1v) is 9.66. The molecule has 0 aliphatic heterocycles. The van der Waals surface area contributed by atoms with Gasteiger partial charge >= 0.3 is 0 Å². The monoisotopic (exact) mass is 430 g/mol. The van der Waals surface area contributed by atoms with Gasteiger partial charge in [-0.05, 0) is 23.8 Å². The van der Waals surface area contributed by atoms with E-state index in [1.54, 1.807) is 26.5 Å². The van der Waals surface area contributed by atoms with Gasteiger partial charge in [0.2, 0.25) is 0 Å². The van der Waals surface area contributed by atoms with Crippen molar-refractivity contribution in [2.45, 2.75) is 0 Å². The van der Waals surface area contributed by atoms with Crippen LogP contribution in [-0.2, 0) is 9.47 Å². The molecular weight excluding hydrogens is 408 g/mol. The first-order chi connectivity index (χ1) is 14.7. The topological polar surface area (TPSA) is 87.1 Å². The molecule has 0 saturated carbocycles. The molecule has 1 heterocycles. The summed E-state index contributed by atoms with van der Waals surface area (Å²) in [5.41, 5.74) is 4.51. The molecule has 0 spiro atoms. The van der Waals surface area contributed by atoms with Crippen molar-refractivity contribution in [3.05, 3.63) is 53.3 Å². The number of ether oxygens (including phenoxy) is 4. The van der Waals surface area contributed by atoms with Crippen LogP contribution in [0.25, 0.3) is 10.9 Å². The number of aromatic nitrogens is 2. The fourth-order valence-electron chi connectivity index (χ4n) is 2.60. The number of nitrogens with one attached hydrogen (secondary N) is 1. The summed E-state index contributed by atoms with van der Waals surface area (Å²) in [5, 5.41) is 5.65. The number of hydrogen-bond acceptors (Lipinski definition) is 8. The molecule has 0 saturated heterocycles. The Bertz CT molecular complexity index is 1000. The number of fused-ring (bicyclic) bond motifs is 1. The molecule has 0 bridgehead atoms. The van der Waals surface area contributed by atoms with E-state index in [1.807, 2.05) is 30.3 Å². The molecular formula is C21H23ClN4O4. The molecule has 0 fully saturated rings. The van der Waals surface area contributed by atoms with Crippen molar-refractivity contribution < 1.29 is 18.9 Å². The predicted octanol–water partition coefficient (Wildman–Crippen LogP) is 3.78. The maximum Gasteiger partial charge on any atom is 0.163 e. The molecule has 1 aromatic heterocycles. The Hall–Kier alpha value is -2.94.